The van der Waals surface area contributed by atoms with Crippen LogP contribution >= 0.6 is 12.4 Å². The van der Waals surface area contributed by atoms with Gasteiger partial charge in [-0.25, -0.2) is 0 Å². The van der Waals surface area contributed by atoms with Gasteiger partial charge in [-0.05, 0) is 19.1 Å². The zero-order chi connectivity index (χ0) is 12.6. The maximum Gasteiger partial charge on any atom is 0.406 e. The van der Waals surface area contributed by atoms with Gasteiger partial charge in [-0.1, -0.05) is 0 Å². The van der Waals surface area contributed by atoms with E-state index in [9.17, 15) is 13.2 Å². The number of alkyl halides is 3. The Morgan fingerprint density at radius 3 is 2.67 bits per heavy atom. The number of nitrogens with zero attached hydrogens (tertiary/aromatic N) is 2. The van der Waals surface area contributed by atoms with E-state index in [2.05, 4.69) is 4.98 Å². The Balaban J connectivity index is 0.00000162. The van der Waals surface area contributed by atoms with Crippen LogP contribution in [-0.4, -0.2) is 15.7 Å². The molecule has 0 aliphatic rings. The monoisotopic (exact) mass is 279 g/mol. The van der Waals surface area contributed by atoms with Gasteiger partial charge < -0.3 is 10.3 Å². The summed E-state index contributed by atoms with van der Waals surface area (Å²) < 4.78 is 38.0. The Labute approximate surface area is 108 Å². The number of fused-ring (bicyclic) bond motifs is 1. The normalized spacial score (nSPS) is 13.4. The number of nitrogens with two attached hydrogens (primary N) is 1. The molecule has 2 heterocycles. The highest BCUT2D eigenvalue weighted by molar-refractivity contribution is 5.85. The van der Waals surface area contributed by atoms with Crippen molar-refractivity contribution >= 4 is 23.3 Å². The Morgan fingerprint density at radius 1 is 1.44 bits per heavy atom. The fraction of sp³-hybridized carbons (Fsp3) is 0.364. The first kappa shape index (κ1) is 14.8. The van der Waals surface area contributed by atoms with E-state index in [1.54, 1.807) is 19.1 Å². The van der Waals surface area contributed by atoms with Crippen molar-refractivity contribution < 1.29 is 13.2 Å². The minimum absolute atomic E-state index is 0. The molecule has 0 aliphatic heterocycles. The summed E-state index contributed by atoms with van der Waals surface area (Å²) in [5.74, 6) is 0. The number of pyridine rings is 1. The van der Waals surface area contributed by atoms with Crippen LogP contribution in [0.25, 0.3) is 10.9 Å². The van der Waals surface area contributed by atoms with Crippen LogP contribution in [0.2, 0.25) is 0 Å². The average Bonchev–Trinajstić information content (AvgIpc) is 2.58. The van der Waals surface area contributed by atoms with Crippen LogP contribution in [0.1, 0.15) is 18.7 Å². The molecule has 2 aromatic rings. The third-order valence-electron chi connectivity index (χ3n) is 2.49. The summed E-state index contributed by atoms with van der Waals surface area (Å²) >= 11 is 0. The number of halogens is 4. The van der Waals surface area contributed by atoms with Crippen molar-refractivity contribution in [1.29, 1.82) is 0 Å². The highest BCUT2D eigenvalue weighted by Gasteiger charge is 2.28. The molecule has 0 spiro atoms. The second-order valence-electron chi connectivity index (χ2n) is 4.02. The van der Waals surface area contributed by atoms with Crippen molar-refractivity contribution in [1.82, 2.24) is 9.55 Å². The van der Waals surface area contributed by atoms with Crippen molar-refractivity contribution in [3.8, 4) is 0 Å². The van der Waals surface area contributed by atoms with Crippen molar-refractivity contribution in [2.24, 2.45) is 5.73 Å². The van der Waals surface area contributed by atoms with Crippen LogP contribution in [0.4, 0.5) is 13.2 Å². The largest absolute Gasteiger partial charge is 0.406 e. The topological polar surface area (TPSA) is 43.8 Å². The number of aromatic nitrogens is 2. The quantitative estimate of drug-likeness (QED) is 0.918. The Hall–Kier alpha value is -1.27. The van der Waals surface area contributed by atoms with Gasteiger partial charge >= 0.3 is 6.18 Å². The minimum Gasteiger partial charge on any atom is -0.337 e. The molecule has 0 aromatic carbocycles. The molecule has 100 valence electrons. The van der Waals surface area contributed by atoms with Crippen molar-refractivity contribution in [2.75, 3.05) is 0 Å². The lowest BCUT2D eigenvalue weighted by Gasteiger charge is -2.09. The zero-order valence-corrected chi connectivity index (χ0v) is 10.4. The molecule has 7 heteroatoms. The molecular weight excluding hydrogens is 267 g/mol. The molecule has 0 radical (unpaired) electrons. The van der Waals surface area contributed by atoms with E-state index in [-0.39, 0.29) is 18.4 Å². The van der Waals surface area contributed by atoms with E-state index >= 15 is 0 Å². The molecule has 3 nitrogen and oxygen atoms in total. The highest BCUT2D eigenvalue weighted by Crippen LogP contribution is 2.23. The van der Waals surface area contributed by atoms with Gasteiger partial charge in [-0.15, -0.1) is 12.4 Å². The van der Waals surface area contributed by atoms with Crippen molar-refractivity contribution in [3.63, 3.8) is 0 Å². The molecular formula is C11H13ClF3N3. The minimum atomic E-state index is -4.23. The lowest BCUT2D eigenvalue weighted by Crippen LogP contribution is -2.17. The summed E-state index contributed by atoms with van der Waals surface area (Å²) in [5, 5.41) is 0.719. The molecule has 18 heavy (non-hydrogen) atoms. The van der Waals surface area contributed by atoms with Gasteiger partial charge in [0.05, 0.1) is 17.4 Å². The predicted molar refractivity (Wildman–Crippen MR) is 65.6 cm³/mol. The second kappa shape index (κ2) is 5.16. The molecule has 0 fully saturated rings. The third kappa shape index (κ3) is 3.14. The number of rotatable bonds is 2. The fourth-order valence-corrected chi connectivity index (χ4v) is 1.68. The smallest absolute Gasteiger partial charge is 0.337 e. The van der Waals surface area contributed by atoms with Crippen LogP contribution in [0.5, 0.6) is 0 Å². The van der Waals surface area contributed by atoms with E-state index in [0.29, 0.717) is 11.2 Å². The molecule has 2 rings (SSSR count). The van der Waals surface area contributed by atoms with Crippen LogP contribution < -0.4 is 5.73 Å². The Bertz CT molecular complexity index is 534. The summed E-state index contributed by atoms with van der Waals surface area (Å²) in [4.78, 5) is 4.06. The SMILES string of the molecule is C[C@@H](N)c1cc2ccn(CC(F)(F)F)c2cn1.Cl. The van der Waals surface area contributed by atoms with Gasteiger partial charge in [-0.3, -0.25) is 4.98 Å². The molecule has 0 saturated carbocycles. The van der Waals surface area contributed by atoms with Gasteiger partial charge in [0.25, 0.3) is 0 Å². The Morgan fingerprint density at radius 2 is 2.11 bits per heavy atom. The summed E-state index contributed by atoms with van der Waals surface area (Å²) in [6.07, 6.45) is -1.39. The molecule has 0 bridgehead atoms. The molecule has 1 atom stereocenters. The summed E-state index contributed by atoms with van der Waals surface area (Å²) in [5.41, 5.74) is 6.80. The standard InChI is InChI=1S/C11H12F3N3.ClH/c1-7(15)9-4-8-2-3-17(6-11(12,13)14)10(8)5-16-9;/h2-5,7H,6,15H2,1H3;1H/t7-;/m1./s1. The van der Waals surface area contributed by atoms with Gasteiger partial charge in [0.15, 0.2) is 0 Å². The molecule has 0 saturated heterocycles. The molecule has 0 amide bonds. The highest BCUT2D eigenvalue weighted by atomic mass is 35.5. The van der Waals surface area contributed by atoms with E-state index in [1.807, 2.05) is 0 Å². The molecule has 0 unspecified atom stereocenters. The molecule has 2 N–H and O–H groups in total. The molecule has 2 aromatic heterocycles. The predicted octanol–water partition coefficient (Wildman–Crippen LogP) is 3.04. The summed E-state index contributed by atoms with van der Waals surface area (Å²) in [6, 6.07) is 3.12. The van der Waals surface area contributed by atoms with Crippen molar-refractivity contribution in [3.05, 3.63) is 30.2 Å². The first-order valence-electron chi connectivity index (χ1n) is 5.14. The van der Waals surface area contributed by atoms with E-state index in [0.717, 1.165) is 9.95 Å². The maximum atomic E-state index is 12.3. The lowest BCUT2D eigenvalue weighted by molar-refractivity contribution is -0.139. The van der Waals surface area contributed by atoms with Crippen LogP contribution in [0.15, 0.2) is 24.5 Å². The van der Waals surface area contributed by atoms with Crippen LogP contribution in [0, 0.1) is 0 Å². The summed E-state index contributed by atoms with van der Waals surface area (Å²) in [6.45, 7) is 0.774. The van der Waals surface area contributed by atoms with Crippen LogP contribution in [0.3, 0.4) is 0 Å². The Kier molecular flexibility index (Phi) is 4.24. The maximum absolute atomic E-state index is 12.3. The third-order valence-corrected chi connectivity index (χ3v) is 2.49. The van der Waals surface area contributed by atoms with E-state index in [4.69, 9.17) is 5.73 Å². The van der Waals surface area contributed by atoms with E-state index < -0.39 is 12.7 Å². The van der Waals surface area contributed by atoms with Gasteiger partial charge in [0.1, 0.15) is 6.54 Å². The molecule has 0 aliphatic carbocycles. The van der Waals surface area contributed by atoms with Crippen molar-refractivity contribution in [2.45, 2.75) is 25.7 Å². The van der Waals surface area contributed by atoms with Gasteiger partial charge in [0, 0.05) is 17.6 Å². The first-order chi connectivity index (χ1) is 7.87. The van der Waals surface area contributed by atoms with Crippen LogP contribution in [-0.2, 0) is 6.54 Å². The first-order valence-corrected chi connectivity index (χ1v) is 5.14. The lowest BCUT2D eigenvalue weighted by atomic mass is 10.2. The zero-order valence-electron chi connectivity index (χ0n) is 9.61. The fourth-order valence-electron chi connectivity index (χ4n) is 1.68. The second-order valence-corrected chi connectivity index (χ2v) is 4.02. The van der Waals surface area contributed by atoms with E-state index in [1.165, 1.54) is 12.4 Å². The average molecular weight is 280 g/mol. The number of hydrogen-bond donors (Lipinski definition) is 1. The number of hydrogen-bond acceptors (Lipinski definition) is 2. The summed E-state index contributed by atoms with van der Waals surface area (Å²) in [7, 11) is 0. The van der Waals surface area contributed by atoms with Gasteiger partial charge in [-0.2, -0.15) is 13.2 Å². The van der Waals surface area contributed by atoms with Gasteiger partial charge in [0.2, 0.25) is 0 Å².